The number of phenolic OH excluding ortho intramolecular Hbond substituents is 1. The Morgan fingerprint density at radius 2 is 1.72 bits per heavy atom. The van der Waals surface area contributed by atoms with Gasteiger partial charge < -0.3 is 19.4 Å². The smallest absolute Gasteiger partial charge is 0.282 e. The van der Waals surface area contributed by atoms with Crippen molar-refractivity contribution in [2.24, 2.45) is 0 Å². The summed E-state index contributed by atoms with van der Waals surface area (Å²) in [5, 5.41) is 13.5. The minimum atomic E-state index is 0.304. The van der Waals surface area contributed by atoms with Crippen molar-refractivity contribution in [3.8, 4) is 17.1 Å². The molecule has 0 bridgehead atoms. The Labute approximate surface area is 146 Å². The van der Waals surface area contributed by atoms with Crippen LogP contribution in [0.5, 0.6) is 5.75 Å². The van der Waals surface area contributed by atoms with Crippen LogP contribution in [0, 0.1) is 0 Å². The van der Waals surface area contributed by atoms with Gasteiger partial charge in [-0.05, 0) is 24.3 Å². The molecule has 0 spiro atoms. The van der Waals surface area contributed by atoms with E-state index in [9.17, 15) is 5.11 Å². The molecule has 2 N–H and O–H groups in total. The molecule has 2 aromatic carbocycles. The summed E-state index contributed by atoms with van der Waals surface area (Å²) >= 11 is 0. The predicted molar refractivity (Wildman–Crippen MR) is 94.5 cm³/mol. The standard InChI is InChI=1S/C19H20N4O2/c24-17-8-6-16(7-9-17)23-12-10-22(11-13-23)14-18-20-19(21-25-18)15-4-2-1-3-5-15/h1-9,24H,10-14H2/p+1. The van der Waals surface area contributed by atoms with E-state index in [1.807, 2.05) is 42.5 Å². The molecular formula is C19H21N4O2+. The second kappa shape index (κ2) is 6.94. The van der Waals surface area contributed by atoms with E-state index >= 15 is 0 Å². The van der Waals surface area contributed by atoms with E-state index in [-0.39, 0.29) is 0 Å². The van der Waals surface area contributed by atoms with Crippen molar-refractivity contribution in [1.82, 2.24) is 10.1 Å². The van der Waals surface area contributed by atoms with Crippen LogP contribution in [-0.2, 0) is 6.54 Å². The van der Waals surface area contributed by atoms with Gasteiger partial charge in [-0.25, -0.2) is 0 Å². The quantitative estimate of drug-likeness (QED) is 0.752. The van der Waals surface area contributed by atoms with Crippen LogP contribution in [-0.4, -0.2) is 41.4 Å². The number of nitrogens with one attached hydrogen (secondary N) is 1. The molecule has 1 aliphatic rings. The number of anilines is 1. The van der Waals surface area contributed by atoms with Crippen molar-refractivity contribution in [3.63, 3.8) is 0 Å². The first-order valence-electron chi connectivity index (χ1n) is 8.53. The van der Waals surface area contributed by atoms with Gasteiger partial charge in [-0.3, -0.25) is 0 Å². The summed E-state index contributed by atoms with van der Waals surface area (Å²) < 4.78 is 5.42. The highest BCUT2D eigenvalue weighted by Gasteiger charge is 2.22. The summed E-state index contributed by atoms with van der Waals surface area (Å²) in [5.41, 5.74) is 2.13. The molecule has 0 radical (unpaired) electrons. The van der Waals surface area contributed by atoms with E-state index in [4.69, 9.17) is 4.52 Å². The Morgan fingerprint density at radius 1 is 1.00 bits per heavy atom. The van der Waals surface area contributed by atoms with Crippen molar-refractivity contribution < 1.29 is 14.5 Å². The maximum Gasteiger partial charge on any atom is 0.282 e. The van der Waals surface area contributed by atoms with Crippen molar-refractivity contribution in [2.45, 2.75) is 6.54 Å². The number of nitrogens with zero attached hydrogens (tertiary/aromatic N) is 3. The highest BCUT2D eigenvalue weighted by atomic mass is 16.5. The number of hydrogen-bond acceptors (Lipinski definition) is 5. The van der Waals surface area contributed by atoms with E-state index < -0.39 is 0 Å². The molecule has 2 heterocycles. The van der Waals surface area contributed by atoms with Gasteiger partial charge in [0.15, 0.2) is 6.54 Å². The Bertz CT molecular complexity index is 809. The van der Waals surface area contributed by atoms with Crippen LogP contribution in [0.3, 0.4) is 0 Å². The summed E-state index contributed by atoms with van der Waals surface area (Å²) in [6, 6.07) is 17.3. The van der Waals surface area contributed by atoms with Crippen LogP contribution in [0.25, 0.3) is 11.4 Å². The van der Waals surface area contributed by atoms with Gasteiger partial charge >= 0.3 is 0 Å². The molecule has 0 aliphatic carbocycles. The second-order valence-corrected chi connectivity index (χ2v) is 6.31. The van der Waals surface area contributed by atoms with Crippen molar-refractivity contribution >= 4 is 5.69 Å². The maximum absolute atomic E-state index is 9.40. The van der Waals surface area contributed by atoms with Gasteiger partial charge in [0.1, 0.15) is 5.75 Å². The lowest BCUT2D eigenvalue weighted by Gasteiger charge is -2.33. The first-order valence-corrected chi connectivity index (χ1v) is 8.53. The number of rotatable bonds is 4. The normalized spacial score (nSPS) is 15.4. The Hall–Kier alpha value is -2.86. The summed E-state index contributed by atoms with van der Waals surface area (Å²) in [7, 11) is 0. The SMILES string of the molecule is Oc1ccc(N2CC[NH+](Cc3nc(-c4ccccc4)no3)CC2)cc1. The highest BCUT2D eigenvalue weighted by molar-refractivity contribution is 5.53. The van der Waals surface area contributed by atoms with Crippen LogP contribution in [0.4, 0.5) is 5.69 Å². The summed E-state index contributed by atoms with van der Waals surface area (Å²) in [5.74, 6) is 1.64. The van der Waals surface area contributed by atoms with E-state index in [0.29, 0.717) is 17.5 Å². The van der Waals surface area contributed by atoms with Crippen LogP contribution >= 0.6 is 0 Å². The Kier molecular flexibility index (Phi) is 4.35. The summed E-state index contributed by atoms with van der Waals surface area (Å²) in [6.07, 6.45) is 0. The molecule has 6 heteroatoms. The van der Waals surface area contributed by atoms with Crippen LogP contribution < -0.4 is 9.80 Å². The fourth-order valence-electron chi connectivity index (χ4n) is 3.17. The monoisotopic (exact) mass is 337 g/mol. The topological polar surface area (TPSA) is 66.8 Å². The van der Waals surface area contributed by atoms with E-state index in [1.54, 1.807) is 12.1 Å². The maximum atomic E-state index is 9.40. The molecule has 0 unspecified atom stereocenters. The fraction of sp³-hybridized carbons (Fsp3) is 0.263. The molecule has 6 nitrogen and oxygen atoms in total. The molecule has 1 aliphatic heterocycles. The van der Waals surface area contributed by atoms with E-state index in [2.05, 4.69) is 15.0 Å². The number of hydrogen-bond donors (Lipinski definition) is 2. The van der Waals surface area contributed by atoms with Gasteiger partial charge in [-0.2, -0.15) is 4.98 Å². The molecule has 3 aromatic rings. The number of benzene rings is 2. The van der Waals surface area contributed by atoms with E-state index in [1.165, 1.54) is 4.90 Å². The third-order valence-corrected chi connectivity index (χ3v) is 4.59. The minimum Gasteiger partial charge on any atom is -0.508 e. The molecule has 0 amide bonds. The zero-order chi connectivity index (χ0) is 17.1. The first kappa shape index (κ1) is 15.7. The van der Waals surface area contributed by atoms with Crippen LogP contribution in [0.15, 0.2) is 59.1 Å². The van der Waals surface area contributed by atoms with Gasteiger partial charge in [-0.15, -0.1) is 0 Å². The van der Waals surface area contributed by atoms with Gasteiger partial charge in [0.05, 0.1) is 26.2 Å². The summed E-state index contributed by atoms with van der Waals surface area (Å²) in [6.45, 7) is 4.73. The molecule has 25 heavy (non-hydrogen) atoms. The van der Waals surface area contributed by atoms with Gasteiger partial charge in [0.2, 0.25) is 5.82 Å². The lowest BCUT2D eigenvalue weighted by atomic mass is 10.2. The molecule has 0 saturated carbocycles. The Morgan fingerprint density at radius 3 is 2.44 bits per heavy atom. The van der Waals surface area contributed by atoms with Gasteiger partial charge in [0.25, 0.3) is 5.89 Å². The average molecular weight is 337 g/mol. The molecular weight excluding hydrogens is 316 g/mol. The lowest BCUT2D eigenvalue weighted by Crippen LogP contribution is -3.13. The fourth-order valence-corrected chi connectivity index (χ4v) is 3.17. The zero-order valence-electron chi connectivity index (χ0n) is 13.9. The molecule has 1 saturated heterocycles. The lowest BCUT2D eigenvalue weighted by molar-refractivity contribution is -0.915. The number of phenols is 1. The van der Waals surface area contributed by atoms with Crippen molar-refractivity contribution in [1.29, 1.82) is 0 Å². The molecule has 4 rings (SSSR count). The number of aromatic nitrogens is 2. The second-order valence-electron chi connectivity index (χ2n) is 6.31. The number of piperazine rings is 1. The Balaban J connectivity index is 1.34. The van der Waals surface area contributed by atoms with Crippen LogP contribution in [0.2, 0.25) is 0 Å². The third kappa shape index (κ3) is 3.64. The number of quaternary nitrogens is 1. The average Bonchev–Trinajstić information content (AvgIpc) is 3.12. The van der Waals surface area contributed by atoms with Crippen LogP contribution in [0.1, 0.15) is 5.89 Å². The molecule has 1 fully saturated rings. The summed E-state index contributed by atoms with van der Waals surface area (Å²) in [4.78, 5) is 8.30. The molecule has 1 aromatic heterocycles. The predicted octanol–water partition coefficient (Wildman–Crippen LogP) is 1.35. The minimum absolute atomic E-state index is 0.304. The molecule has 128 valence electrons. The third-order valence-electron chi connectivity index (χ3n) is 4.59. The first-order chi connectivity index (χ1) is 12.3. The largest absolute Gasteiger partial charge is 0.508 e. The van der Waals surface area contributed by atoms with Crippen molar-refractivity contribution in [3.05, 3.63) is 60.5 Å². The van der Waals surface area contributed by atoms with Crippen molar-refractivity contribution in [2.75, 3.05) is 31.1 Å². The number of aromatic hydroxyl groups is 1. The molecule has 0 atom stereocenters. The van der Waals surface area contributed by atoms with E-state index in [0.717, 1.165) is 44.0 Å². The van der Waals surface area contributed by atoms with Gasteiger partial charge in [-0.1, -0.05) is 35.5 Å². The highest BCUT2D eigenvalue weighted by Crippen LogP contribution is 2.18. The van der Waals surface area contributed by atoms with Gasteiger partial charge in [0, 0.05) is 11.3 Å². The zero-order valence-corrected chi connectivity index (χ0v) is 13.9.